The number of para-hydroxylation sites is 1. The fourth-order valence-electron chi connectivity index (χ4n) is 1.57. The molecule has 0 atom stereocenters. The van der Waals surface area contributed by atoms with Gasteiger partial charge in [0, 0.05) is 0 Å². The van der Waals surface area contributed by atoms with Gasteiger partial charge in [0.05, 0.1) is 10.9 Å². The average molecular weight is 201 g/mol. The highest BCUT2D eigenvalue weighted by molar-refractivity contribution is 5.77. The molecule has 1 aliphatic heterocycles. The average Bonchev–Trinajstić information content (AvgIpc) is 2.30. The Balaban J connectivity index is 2.48. The van der Waals surface area contributed by atoms with Gasteiger partial charge in [-0.15, -0.1) is 5.10 Å². The summed E-state index contributed by atoms with van der Waals surface area (Å²) in [4.78, 5) is 16.2. The zero-order valence-corrected chi connectivity index (χ0v) is 7.75. The molecule has 0 aliphatic carbocycles. The van der Waals surface area contributed by atoms with Crippen LogP contribution in [0.1, 0.15) is 5.82 Å². The summed E-state index contributed by atoms with van der Waals surface area (Å²) in [5, 5.41) is 4.41. The number of nitrogens with zero attached hydrogens (tertiary/aromatic N) is 3. The normalized spacial score (nSPS) is 13.6. The SMILES string of the molecule is O=c1c2ccccc2nc2n1N=COC2. The Morgan fingerprint density at radius 3 is 3.13 bits per heavy atom. The molecule has 1 aliphatic rings. The Hall–Kier alpha value is -2.17. The predicted octanol–water partition coefficient (Wildman–Crippen LogP) is 0.718. The highest BCUT2D eigenvalue weighted by atomic mass is 16.5. The Morgan fingerprint density at radius 2 is 2.20 bits per heavy atom. The van der Waals surface area contributed by atoms with Gasteiger partial charge in [0.1, 0.15) is 6.61 Å². The molecule has 0 fully saturated rings. The molecule has 0 radical (unpaired) electrons. The minimum Gasteiger partial charge on any atom is -0.474 e. The summed E-state index contributed by atoms with van der Waals surface area (Å²) < 4.78 is 6.26. The van der Waals surface area contributed by atoms with Crippen molar-refractivity contribution in [3.8, 4) is 0 Å². The summed E-state index contributed by atoms with van der Waals surface area (Å²) in [7, 11) is 0. The summed E-state index contributed by atoms with van der Waals surface area (Å²) in [6.45, 7) is 0.281. The first-order chi connectivity index (χ1) is 7.36. The lowest BCUT2D eigenvalue weighted by Gasteiger charge is -2.11. The van der Waals surface area contributed by atoms with Gasteiger partial charge in [-0.25, -0.2) is 4.98 Å². The summed E-state index contributed by atoms with van der Waals surface area (Å²) in [5.74, 6) is 0.529. The number of fused-ring (bicyclic) bond motifs is 2. The second-order valence-corrected chi connectivity index (χ2v) is 3.19. The van der Waals surface area contributed by atoms with Crippen molar-refractivity contribution in [3.63, 3.8) is 0 Å². The van der Waals surface area contributed by atoms with Crippen LogP contribution < -0.4 is 5.56 Å². The van der Waals surface area contributed by atoms with E-state index in [9.17, 15) is 4.79 Å². The van der Waals surface area contributed by atoms with Gasteiger partial charge in [0.25, 0.3) is 5.56 Å². The molecule has 74 valence electrons. The fraction of sp³-hybridized carbons (Fsp3) is 0.100. The second-order valence-electron chi connectivity index (χ2n) is 3.19. The molecule has 0 spiro atoms. The van der Waals surface area contributed by atoms with Crippen molar-refractivity contribution >= 4 is 17.3 Å². The van der Waals surface area contributed by atoms with Crippen molar-refractivity contribution in [2.45, 2.75) is 6.61 Å². The van der Waals surface area contributed by atoms with Crippen LogP contribution in [0.4, 0.5) is 0 Å². The first-order valence-corrected chi connectivity index (χ1v) is 4.51. The van der Waals surface area contributed by atoms with Crippen LogP contribution in [0.5, 0.6) is 0 Å². The van der Waals surface area contributed by atoms with Crippen molar-refractivity contribution in [2.75, 3.05) is 0 Å². The maximum absolute atomic E-state index is 11.9. The molecular weight excluding hydrogens is 194 g/mol. The number of rotatable bonds is 0. The van der Waals surface area contributed by atoms with E-state index in [0.29, 0.717) is 16.7 Å². The van der Waals surface area contributed by atoms with Crippen LogP contribution in [0.15, 0.2) is 34.2 Å². The van der Waals surface area contributed by atoms with Crippen molar-refractivity contribution in [1.29, 1.82) is 0 Å². The van der Waals surface area contributed by atoms with Gasteiger partial charge >= 0.3 is 0 Å². The molecule has 0 unspecified atom stereocenters. The summed E-state index contributed by atoms with van der Waals surface area (Å²) in [6.07, 6.45) is 1.25. The molecule has 0 amide bonds. The van der Waals surface area contributed by atoms with Crippen LogP contribution in [0.2, 0.25) is 0 Å². The van der Waals surface area contributed by atoms with Crippen LogP contribution >= 0.6 is 0 Å². The van der Waals surface area contributed by atoms with Gasteiger partial charge in [0.2, 0.25) is 0 Å². The van der Waals surface area contributed by atoms with E-state index < -0.39 is 0 Å². The smallest absolute Gasteiger partial charge is 0.282 e. The zero-order valence-electron chi connectivity index (χ0n) is 7.75. The van der Waals surface area contributed by atoms with Crippen molar-refractivity contribution in [2.24, 2.45) is 5.10 Å². The molecule has 5 nitrogen and oxygen atoms in total. The number of hydrogen-bond acceptors (Lipinski definition) is 4. The third-order valence-corrected chi connectivity index (χ3v) is 2.27. The highest BCUT2D eigenvalue weighted by Crippen LogP contribution is 2.09. The summed E-state index contributed by atoms with van der Waals surface area (Å²) in [5.41, 5.74) is 0.518. The number of benzene rings is 1. The molecule has 2 aromatic rings. The molecule has 0 bridgehead atoms. The number of aromatic nitrogens is 2. The van der Waals surface area contributed by atoms with Crippen LogP contribution in [0.25, 0.3) is 10.9 Å². The quantitative estimate of drug-likeness (QED) is 0.631. The van der Waals surface area contributed by atoms with Crippen LogP contribution in [-0.4, -0.2) is 16.1 Å². The van der Waals surface area contributed by atoms with Gasteiger partial charge < -0.3 is 4.74 Å². The first kappa shape index (κ1) is 8.16. The van der Waals surface area contributed by atoms with E-state index in [1.165, 1.54) is 11.1 Å². The molecule has 2 heterocycles. The Labute approximate surface area is 84.6 Å². The largest absolute Gasteiger partial charge is 0.474 e. The van der Waals surface area contributed by atoms with Crippen molar-refractivity contribution in [1.82, 2.24) is 9.66 Å². The summed E-state index contributed by atoms with van der Waals surface area (Å²) in [6, 6.07) is 7.19. The minimum atomic E-state index is -0.157. The van der Waals surface area contributed by atoms with Crippen LogP contribution in [0, 0.1) is 0 Å². The molecule has 15 heavy (non-hydrogen) atoms. The molecular formula is C10H7N3O2. The first-order valence-electron chi connectivity index (χ1n) is 4.51. The zero-order chi connectivity index (χ0) is 10.3. The number of hydrogen-bond donors (Lipinski definition) is 0. The predicted molar refractivity (Wildman–Crippen MR) is 54.7 cm³/mol. The Bertz CT molecular complexity index is 616. The van der Waals surface area contributed by atoms with Gasteiger partial charge in [-0.3, -0.25) is 4.79 Å². The van der Waals surface area contributed by atoms with E-state index in [-0.39, 0.29) is 12.2 Å². The lowest BCUT2D eigenvalue weighted by atomic mass is 10.2. The molecule has 1 aromatic heterocycles. The van der Waals surface area contributed by atoms with Crippen LogP contribution in [-0.2, 0) is 11.3 Å². The maximum atomic E-state index is 11.9. The fourth-order valence-corrected chi connectivity index (χ4v) is 1.57. The number of ether oxygens (including phenoxy) is 1. The van der Waals surface area contributed by atoms with Crippen molar-refractivity contribution < 1.29 is 4.74 Å². The summed E-state index contributed by atoms with van der Waals surface area (Å²) >= 11 is 0. The Kier molecular flexibility index (Phi) is 1.58. The lowest BCUT2D eigenvalue weighted by molar-refractivity contribution is 0.271. The van der Waals surface area contributed by atoms with Gasteiger partial charge in [-0.1, -0.05) is 12.1 Å². The van der Waals surface area contributed by atoms with E-state index in [1.807, 2.05) is 6.07 Å². The standard InChI is InChI=1S/C10H7N3O2/c14-10-7-3-1-2-4-8(7)12-9-5-15-6-11-13(9)10/h1-4,6H,5H2. The van der Waals surface area contributed by atoms with E-state index in [4.69, 9.17) is 4.74 Å². The molecule has 0 saturated carbocycles. The monoisotopic (exact) mass is 201 g/mol. The minimum absolute atomic E-state index is 0.157. The third-order valence-electron chi connectivity index (χ3n) is 2.27. The van der Waals surface area contributed by atoms with Crippen LogP contribution in [0.3, 0.4) is 0 Å². The van der Waals surface area contributed by atoms with E-state index in [1.54, 1.807) is 18.2 Å². The van der Waals surface area contributed by atoms with E-state index in [0.717, 1.165) is 0 Å². The molecule has 0 saturated heterocycles. The molecule has 0 N–H and O–H groups in total. The highest BCUT2D eigenvalue weighted by Gasteiger charge is 2.12. The Morgan fingerprint density at radius 1 is 1.33 bits per heavy atom. The van der Waals surface area contributed by atoms with Gasteiger partial charge in [-0.2, -0.15) is 4.68 Å². The second kappa shape index (κ2) is 2.91. The molecule has 1 aromatic carbocycles. The van der Waals surface area contributed by atoms with Crippen molar-refractivity contribution in [3.05, 3.63) is 40.4 Å². The lowest BCUT2D eigenvalue weighted by Crippen LogP contribution is -2.25. The maximum Gasteiger partial charge on any atom is 0.282 e. The van der Waals surface area contributed by atoms with E-state index in [2.05, 4.69) is 10.1 Å². The van der Waals surface area contributed by atoms with Gasteiger partial charge in [-0.05, 0) is 12.1 Å². The third kappa shape index (κ3) is 1.13. The molecule has 3 rings (SSSR count). The topological polar surface area (TPSA) is 56.5 Å². The van der Waals surface area contributed by atoms with Gasteiger partial charge in [0.15, 0.2) is 12.2 Å². The van der Waals surface area contributed by atoms with E-state index >= 15 is 0 Å². The molecule has 5 heteroatoms.